The minimum absolute atomic E-state index is 0.0674. The lowest BCUT2D eigenvalue weighted by atomic mass is 10.2. The van der Waals surface area contributed by atoms with Gasteiger partial charge in [0.1, 0.15) is 17.4 Å². The SMILES string of the molecule is CCCNc1nc(Nc2ccc(C(N)=O)cc2)ncc1C(=O)Nc1cccc(NC(=O)[C@H](C)N(C)C(=O)C=CC(C)N(C)C)c1. The van der Waals surface area contributed by atoms with Crippen molar-refractivity contribution in [2.45, 2.75) is 39.3 Å². The molecule has 13 nitrogen and oxygen atoms in total. The van der Waals surface area contributed by atoms with E-state index < -0.39 is 17.9 Å². The molecule has 3 rings (SSSR count). The molecular formula is C32H41N9O4. The van der Waals surface area contributed by atoms with Gasteiger partial charge in [0.25, 0.3) is 5.91 Å². The number of rotatable bonds is 14. The van der Waals surface area contributed by atoms with Crippen LogP contribution >= 0.6 is 0 Å². The van der Waals surface area contributed by atoms with Crippen LogP contribution in [-0.2, 0) is 9.59 Å². The molecule has 0 fully saturated rings. The highest BCUT2D eigenvalue weighted by atomic mass is 16.2. The lowest BCUT2D eigenvalue weighted by Gasteiger charge is -2.23. The third kappa shape index (κ3) is 9.86. The fraction of sp³-hybridized carbons (Fsp3) is 0.312. The van der Waals surface area contributed by atoms with Crippen LogP contribution in [0.1, 0.15) is 47.9 Å². The predicted octanol–water partition coefficient (Wildman–Crippen LogP) is 3.69. The minimum Gasteiger partial charge on any atom is -0.369 e. The van der Waals surface area contributed by atoms with Crippen molar-refractivity contribution in [3.63, 3.8) is 0 Å². The molecule has 6 N–H and O–H groups in total. The molecule has 0 radical (unpaired) electrons. The van der Waals surface area contributed by atoms with Crippen molar-refractivity contribution < 1.29 is 19.2 Å². The van der Waals surface area contributed by atoms with Crippen LogP contribution in [0.5, 0.6) is 0 Å². The van der Waals surface area contributed by atoms with Gasteiger partial charge in [0.05, 0.1) is 0 Å². The molecule has 0 aliphatic carbocycles. The van der Waals surface area contributed by atoms with Crippen molar-refractivity contribution in [3.05, 3.63) is 78.0 Å². The highest BCUT2D eigenvalue weighted by Gasteiger charge is 2.22. The van der Waals surface area contributed by atoms with E-state index in [1.54, 1.807) is 68.6 Å². The topological polar surface area (TPSA) is 175 Å². The van der Waals surface area contributed by atoms with E-state index in [1.165, 1.54) is 17.2 Å². The molecule has 0 saturated carbocycles. The van der Waals surface area contributed by atoms with Crippen LogP contribution in [0.15, 0.2) is 66.9 Å². The van der Waals surface area contributed by atoms with Crippen LogP contribution < -0.4 is 27.0 Å². The van der Waals surface area contributed by atoms with E-state index in [4.69, 9.17) is 5.73 Å². The third-order valence-electron chi connectivity index (χ3n) is 7.03. The molecule has 0 saturated heterocycles. The van der Waals surface area contributed by atoms with E-state index in [0.717, 1.165) is 6.42 Å². The molecule has 238 valence electrons. The van der Waals surface area contributed by atoms with Gasteiger partial charge in [-0.15, -0.1) is 0 Å². The van der Waals surface area contributed by atoms with Crippen molar-refractivity contribution in [3.8, 4) is 0 Å². The lowest BCUT2D eigenvalue weighted by molar-refractivity contribution is -0.132. The summed E-state index contributed by atoms with van der Waals surface area (Å²) in [5.74, 6) is -1.06. The third-order valence-corrected chi connectivity index (χ3v) is 7.03. The molecule has 0 bridgehead atoms. The summed E-state index contributed by atoms with van der Waals surface area (Å²) in [4.78, 5) is 62.2. The van der Waals surface area contributed by atoms with Gasteiger partial charge in [-0.25, -0.2) is 4.98 Å². The van der Waals surface area contributed by atoms with E-state index in [1.807, 2.05) is 32.8 Å². The molecule has 2 aromatic carbocycles. The molecule has 4 amide bonds. The van der Waals surface area contributed by atoms with Crippen LogP contribution in [-0.4, -0.2) is 83.2 Å². The number of nitrogens with two attached hydrogens (primary N) is 1. The number of amides is 4. The molecule has 0 spiro atoms. The van der Waals surface area contributed by atoms with Crippen LogP contribution in [0.2, 0.25) is 0 Å². The standard InChI is InChI=1S/C32H41N9O4/c1-7-17-34-29-26(19-35-32(39-29)38-23-14-12-22(13-15-23)28(33)43)31(45)37-25-10-8-9-24(18-25)36-30(44)21(3)41(6)27(42)16-11-20(2)40(4)5/h8-16,18-21H,7,17H2,1-6H3,(H2,33,43)(H,36,44)(H,37,45)(H2,34,35,38,39)/t20?,21-/m0/s1. The quantitative estimate of drug-likeness (QED) is 0.169. The number of carbonyl (C=O) groups is 4. The molecular weight excluding hydrogens is 574 g/mol. The Morgan fingerprint density at radius 1 is 0.956 bits per heavy atom. The zero-order valence-corrected chi connectivity index (χ0v) is 26.4. The minimum atomic E-state index is -0.743. The maximum Gasteiger partial charge on any atom is 0.260 e. The predicted molar refractivity (Wildman–Crippen MR) is 177 cm³/mol. The molecule has 45 heavy (non-hydrogen) atoms. The molecule has 0 aliphatic heterocycles. The highest BCUT2D eigenvalue weighted by molar-refractivity contribution is 6.08. The Hall–Kier alpha value is -5.30. The zero-order chi connectivity index (χ0) is 33.1. The van der Waals surface area contributed by atoms with Gasteiger partial charge in [-0.3, -0.25) is 19.2 Å². The number of likely N-dealkylation sites (N-methyl/N-ethyl adjacent to an activating group) is 2. The van der Waals surface area contributed by atoms with Crippen molar-refractivity contribution in [2.24, 2.45) is 5.73 Å². The summed E-state index contributed by atoms with van der Waals surface area (Å²) in [6, 6.07) is 12.5. The lowest BCUT2D eigenvalue weighted by Crippen LogP contribution is -2.42. The number of nitrogens with one attached hydrogen (secondary N) is 4. The number of anilines is 5. The summed E-state index contributed by atoms with van der Waals surface area (Å²) < 4.78 is 0. The number of primary amides is 1. The first kappa shape index (κ1) is 34.2. The first-order chi connectivity index (χ1) is 21.4. The second-order valence-electron chi connectivity index (χ2n) is 10.7. The van der Waals surface area contributed by atoms with Crippen LogP contribution in [0.25, 0.3) is 0 Å². The van der Waals surface area contributed by atoms with Gasteiger partial charge in [-0.1, -0.05) is 19.1 Å². The van der Waals surface area contributed by atoms with Gasteiger partial charge < -0.3 is 36.8 Å². The van der Waals surface area contributed by atoms with Crippen LogP contribution in [0.4, 0.5) is 28.8 Å². The Morgan fingerprint density at radius 3 is 2.24 bits per heavy atom. The van der Waals surface area contributed by atoms with Crippen molar-refractivity contribution in [1.29, 1.82) is 0 Å². The fourth-order valence-corrected chi connectivity index (χ4v) is 3.83. The van der Waals surface area contributed by atoms with E-state index in [9.17, 15) is 19.2 Å². The number of carbonyl (C=O) groups excluding carboxylic acids is 4. The van der Waals surface area contributed by atoms with Crippen molar-refractivity contribution >= 4 is 52.5 Å². The number of hydrogen-bond acceptors (Lipinski definition) is 9. The van der Waals surface area contributed by atoms with Crippen LogP contribution in [0.3, 0.4) is 0 Å². The zero-order valence-electron chi connectivity index (χ0n) is 26.4. The number of nitrogens with zero attached hydrogens (tertiary/aromatic N) is 4. The number of aromatic nitrogens is 2. The molecule has 1 heterocycles. The normalized spacial score (nSPS) is 12.3. The number of hydrogen-bond donors (Lipinski definition) is 5. The van der Waals surface area contributed by atoms with E-state index in [-0.39, 0.29) is 29.4 Å². The summed E-state index contributed by atoms with van der Waals surface area (Å²) in [6.45, 7) is 6.17. The Bertz CT molecular complexity index is 1540. The Morgan fingerprint density at radius 2 is 1.62 bits per heavy atom. The summed E-state index contributed by atoms with van der Waals surface area (Å²) in [5.41, 5.74) is 7.42. The van der Waals surface area contributed by atoms with Gasteiger partial charge in [-0.2, -0.15) is 4.98 Å². The van der Waals surface area contributed by atoms with E-state index >= 15 is 0 Å². The largest absolute Gasteiger partial charge is 0.369 e. The van der Waals surface area contributed by atoms with Crippen molar-refractivity contribution in [2.75, 3.05) is 49.0 Å². The molecule has 1 unspecified atom stereocenters. The first-order valence-electron chi connectivity index (χ1n) is 14.5. The highest BCUT2D eigenvalue weighted by Crippen LogP contribution is 2.21. The maximum atomic E-state index is 13.3. The number of benzene rings is 2. The molecule has 1 aromatic heterocycles. The van der Waals surface area contributed by atoms with E-state index in [0.29, 0.717) is 35.0 Å². The Kier molecular flexibility index (Phi) is 12.1. The summed E-state index contributed by atoms with van der Waals surface area (Å²) in [7, 11) is 5.40. The fourth-order valence-electron chi connectivity index (χ4n) is 3.83. The molecule has 3 aromatic rings. The summed E-state index contributed by atoms with van der Waals surface area (Å²) >= 11 is 0. The summed E-state index contributed by atoms with van der Waals surface area (Å²) in [5, 5.41) is 11.8. The molecule has 0 aliphatic rings. The van der Waals surface area contributed by atoms with Crippen LogP contribution in [0, 0.1) is 0 Å². The Labute approximate surface area is 263 Å². The molecule has 13 heteroatoms. The van der Waals surface area contributed by atoms with Crippen molar-refractivity contribution in [1.82, 2.24) is 19.8 Å². The van der Waals surface area contributed by atoms with Gasteiger partial charge in [-0.05, 0) is 76.8 Å². The van der Waals surface area contributed by atoms with Gasteiger partial charge in [0.15, 0.2) is 0 Å². The average Bonchev–Trinajstić information content (AvgIpc) is 3.02. The van der Waals surface area contributed by atoms with Gasteiger partial charge >= 0.3 is 0 Å². The van der Waals surface area contributed by atoms with Gasteiger partial charge in [0, 0.05) is 54.5 Å². The van der Waals surface area contributed by atoms with Gasteiger partial charge in [0.2, 0.25) is 23.7 Å². The first-order valence-corrected chi connectivity index (χ1v) is 14.5. The maximum absolute atomic E-state index is 13.3. The Balaban J connectivity index is 1.69. The second kappa shape index (κ2) is 16.0. The smallest absolute Gasteiger partial charge is 0.260 e. The average molecular weight is 616 g/mol. The second-order valence-corrected chi connectivity index (χ2v) is 10.7. The van der Waals surface area contributed by atoms with E-state index in [2.05, 4.69) is 31.2 Å². The monoisotopic (exact) mass is 615 g/mol. The molecule has 2 atom stereocenters. The summed E-state index contributed by atoms with van der Waals surface area (Å²) in [6.07, 6.45) is 5.45.